The van der Waals surface area contributed by atoms with Crippen molar-refractivity contribution in [3.63, 3.8) is 0 Å². The zero-order valence-corrected chi connectivity index (χ0v) is 11.6. The number of anilines is 1. The highest BCUT2D eigenvalue weighted by Gasteiger charge is 2.21. The topological polar surface area (TPSA) is 46.3 Å². The zero-order chi connectivity index (χ0) is 13.5. The molecule has 0 radical (unpaired) electrons. The number of nitrogen functional groups attached to an aromatic ring is 1. The van der Waals surface area contributed by atoms with Gasteiger partial charge in [-0.2, -0.15) is 0 Å². The molecule has 3 heteroatoms. The summed E-state index contributed by atoms with van der Waals surface area (Å²) in [4.78, 5) is 14.5. The Labute approximate surface area is 110 Å². The molecule has 1 rings (SSSR count). The number of nitrogens with zero attached hydrogens (tertiary/aromatic N) is 1. The van der Waals surface area contributed by atoms with Gasteiger partial charge >= 0.3 is 0 Å². The van der Waals surface area contributed by atoms with E-state index in [4.69, 9.17) is 5.73 Å². The summed E-state index contributed by atoms with van der Waals surface area (Å²) in [7, 11) is 0. The van der Waals surface area contributed by atoms with E-state index in [9.17, 15) is 4.79 Å². The van der Waals surface area contributed by atoms with E-state index in [1.165, 1.54) is 0 Å². The van der Waals surface area contributed by atoms with E-state index in [0.29, 0.717) is 11.3 Å². The minimum absolute atomic E-state index is 0.0518. The lowest BCUT2D eigenvalue weighted by molar-refractivity contribution is 0.0686. The Balaban J connectivity index is 2.91. The first-order chi connectivity index (χ1) is 8.61. The van der Waals surface area contributed by atoms with Gasteiger partial charge in [0.05, 0.1) is 5.56 Å². The fourth-order valence-corrected chi connectivity index (χ4v) is 1.92. The zero-order valence-electron chi connectivity index (χ0n) is 11.6. The lowest BCUT2D eigenvalue weighted by atomic mass is 10.1. The van der Waals surface area contributed by atoms with Crippen LogP contribution in [0.3, 0.4) is 0 Å². The predicted octanol–water partition coefficient (Wildman–Crippen LogP) is 3.31. The molecule has 1 atom stereocenters. The van der Waals surface area contributed by atoms with Gasteiger partial charge in [-0.25, -0.2) is 0 Å². The van der Waals surface area contributed by atoms with Crippen LogP contribution in [0.4, 0.5) is 5.69 Å². The lowest BCUT2D eigenvalue weighted by Crippen LogP contribution is -2.39. The van der Waals surface area contributed by atoms with Crippen LogP contribution >= 0.6 is 0 Å². The second-order valence-corrected chi connectivity index (χ2v) is 4.70. The molecule has 0 heterocycles. The maximum absolute atomic E-state index is 12.5. The van der Waals surface area contributed by atoms with Crippen LogP contribution in [-0.4, -0.2) is 23.4 Å². The number of hydrogen-bond donors (Lipinski definition) is 1. The molecule has 1 amide bonds. The van der Waals surface area contributed by atoms with Crippen LogP contribution in [0, 0.1) is 0 Å². The van der Waals surface area contributed by atoms with Crippen molar-refractivity contribution in [1.82, 2.24) is 4.90 Å². The Bertz CT molecular complexity index is 390. The third-order valence-electron chi connectivity index (χ3n) is 3.33. The third kappa shape index (κ3) is 3.49. The standard InChI is InChI=1S/C15H24N2O/c1-4-6-11-17(12(3)5-2)15(18)13-9-7-8-10-14(13)16/h7-10,12H,4-6,11,16H2,1-3H3. The van der Waals surface area contributed by atoms with Gasteiger partial charge in [-0.1, -0.05) is 32.4 Å². The van der Waals surface area contributed by atoms with Crippen LogP contribution in [0.2, 0.25) is 0 Å². The Morgan fingerprint density at radius 2 is 2.00 bits per heavy atom. The fraction of sp³-hybridized carbons (Fsp3) is 0.533. The molecule has 0 fully saturated rings. The van der Waals surface area contributed by atoms with E-state index >= 15 is 0 Å². The Morgan fingerprint density at radius 3 is 2.56 bits per heavy atom. The maximum Gasteiger partial charge on any atom is 0.256 e. The number of rotatable bonds is 6. The number of unbranched alkanes of at least 4 members (excludes halogenated alkanes) is 1. The fourth-order valence-electron chi connectivity index (χ4n) is 1.92. The summed E-state index contributed by atoms with van der Waals surface area (Å²) >= 11 is 0. The summed E-state index contributed by atoms with van der Waals surface area (Å²) in [6.07, 6.45) is 3.08. The van der Waals surface area contributed by atoms with E-state index in [1.54, 1.807) is 12.1 Å². The molecule has 3 nitrogen and oxygen atoms in total. The average molecular weight is 248 g/mol. The lowest BCUT2D eigenvalue weighted by Gasteiger charge is -2.29. The van der Waals surface area contributed by atoms with E-state index in [2.05, 4.69) is 20.8 Å². The molecule has 1 aromatic rings. The van der Waals surface area contributed by atoms with E-state index in [-0.39, 0.29) is 11.9 Å². The van der Waals surface area contributed by atoms with Crippen LogP contribution in [-0.2, 0) is 0 Å². The Kier molecular flexibility index (Phi) is 5.69. The van der Waals surface area contributed by atoms with Gasteiger partial charge in [-0.05, 0) is 31.9 Å². The normalized spacial score (nSPS) is 12.2. The second kappa shape index (κ2) is 7.04. The molecule has 100 valence electrons. The maximum atomic E-state index is 12.5. The van der Waals surface area contributed by atoms with Gasteiger partial charge in [0.2, 0.25) is 0 Å². The molecular weight excluding hydrogens is 224 g/mol. The second-order valence-electron chi connectivity index (χ2n) is 4.70. The number of hydrogen-bond acceptors (Lipinski definition) is 2. The molecule has 2 N–H and O–H groups in total. The molecule has 0 saturated carbocycles. The molecule has 0 aliphatic rings. The molecule has 0 aliphatic carbocycles. The number of benzene rings is 1. The highest BCUT2D eigenvalue weighted by Crippen LogP contribution is 2.17. The molecule has 18 heavy (non-hydrogen) atoms. The largest absolute Gasteiger partial charge is 0.398 e. The molecule has 1 aromatic carbocycles. The molecular formula is C15H24N2O. The van der Waals surface area contributed by atoms with Crippen LogP contribution < -0.4 is 5.73 Å². The smallest absolute Gasteiger partial charge is 0.256 e. The van der Waals surface area contributed by atoms with Gasteiger partial charge in [-0.15, -0.1) is 0 Å². The summed E-state index contributed by atoms with van der Waals surface area (Å²) < 4.78 is 0. The van der Waals surface area contributed by atoms with Crippen molar-refractivity contribution in [3.05, 3.63) is 29.8 Å². The molecule has 0 bridgehead atoms. The van der Waals surface area contributed by atoms with Crippen LogP contribution in [0.1, 0.15) is 50.4 Å². The molecule has 0 spiro atoms. The highest BCUT2D eigenvalue weighted by molar-refractivity contribution is 5.99. The van der Waals surface area contributed by atoms with Gasteiger partial charge in [0.1, 0.15) is 0 Å². The van der Waals surface area contributed by atoms with Gasteiger partial charge in [0, 0.05) is 18.3 Å². The van der Waals surface area contributed by atoms with Crippen molar-refractivity contribution in [1.29, 1.82) is 0 Å². The van der Waals surface area contributed by atoms with Gasteiger partial charge in [0.15, 0.2) is 0 Å². The van der Waals surface area contributed by atoms with E-state index in [1.807, 2.05) is 17.0 Å². The summed E-state index contributed by atoms with van der Waals surface area (Å²) in [5, 5.41) is 0. The number of nitrogens with two attached hydrogens (primary N) is 1. The summed E-state index contributed by atoms with van der Waals surface area (Å²) in [5.74, 6) is 0.0518. The van der Waals surface area contributed by atoms with Crippen LogP contribution in [0.15, 0.2) is 24.3 Å². The first-order valence-electron chi connectivity index (χ1n) is 6.77. The first-order valence-corrected chi connectivity index (χ1v) is 6.77. The SMILES string of the molecule is CCCCN(C(=O)c1ccccc1N)C(C)CC. The summed E-state index contributed by atoms with van der Waals surface area (Å²) in [5.41, 5.74) is 7.06. The average Bonchev–Trinajstić information content (AvgIpc) is 2.39. The monoisotopic (exact) mass is 248 g/mol. The highest BCUT2D eigenvalue weighted by atomic mass is 16.2. The minimum atomic E-state index is 0.0518. The van der Waals surface area contributed by atoms with E-state index < -0.39 is 0 Å². The van der Waals surface area contributed by atoms with E-state index in [0.717, 1.165) is 25.8 Å². The van der Waals surface area contributed by atoms with Gasteiger partial charge in [-0.3, -0.25) is 4.79 Å². The van der Waals surface area contributed by atoms with Crippen molar-refractivity contribution < 1.29 is 4.79 Å². The van der Waals surface area contributed by atoms with Crippen molar-refractivity contribution in [2.75, 3.05) is 12.3 Å². The first kappa shape index (κ1) is 14.6. The Morgan fingerprint density at radius 1 is 1.33 bits per heavy atom. The number of carbonyl (C=O) groups is 1. The predicted molar refractivity (Wildman–Crippen MR) is 76.6 cm³/mol. The number of amides is 1. The van der Waals surface area contributed by atoms with Crippen LogP contribution in [0.25, 0.3) is 0 Å². The van der Waals surface area contributed by atoms with Crippen molar-refractivity contribution in [2.45, 2.75) is 46.1 Å². The molecule has 1 unspecified atom stereocenters. The Hall–Kier alpha value is -1.51. The molecule has 0 aliphatic heterocycles. The van der Waals surface area contributed by atoms with Crippen molar-refractivity contribution >= 4 is 11.6 Å². The molecule has 0 saturated heterocycles. The van der Waals surface area contributed by atoms with Crippen LogP contribution in [0.5, 0.6) is 0 Å². The third-order valence-corrected chi connectivity index (χ3v) is 3.33. The summed E-state index contributed by atoms with van der Waals surface area (Å²) in [6, 6.07) is 7.55. The van der Waals surface area contributed by atoms with Crippen molar-refractivity contribution in [2.24, 2.45) is 0 Å². The minimum Gasteiger partial charge on any atom is -0.398 e. The summed E-state index contributed by atoms with van der Waals surface area (Å²) in [6.45, 7) is 7.13. The van der Waals surface area contributed by atoms with Gasteiger partial charge < -0.3 is 10.6 Å². The van der Waals surface area contributed by atoms with Crippen molar-refractivity contribution in [3.8, 4) is 0 Å². The van der Waals surface area contributed by atoms with Gasteiger partial charge in [0.25, 0.3) is 5.91 Å². The quantitative estimate of drug-likeness (QED) is 0.785. The number of para-hydroxylation sites is 1. The number of carbonyl (C=O) groups excluding carboxylic acids is 1. The molecule has 0 aromatic heterocycles.